The summed E-state index contributed by atoms with van der Waals surface area (Å²) in [7, 11) is -1.12. The molecule has 0 aliphatic carbocycles. The molecular formula is C22H30N4O4S. The lowest BCUT2D eigenvalue weighted by molar-refractivity contribution is -0.0258. The first-order valence-corrected chi connectivity index (χ1v) is 11.8. The van der Waals surface area contributed by atoms with Crippen molar-refractivity contribution in [2.24, 2.45) is 0 Å². The van der Waals surface area contributed by atoms with Crippen molar-refractivity contribution in [3.63, 3.8) is 0 Å². The highest BCUT2D eigenvalue weighted by atomic mass is 32.2. The van der Waals surface area contributed by atoms with Crippen molar-refractivity contribution in [3.8, 4) is 0 Å². The third-order valence-electron chi connectivity index (χ3n) is 5.44. The second-order valence-electron chi connectivity index (χ2n) is 7.40. The van der Waals surface area contributed by atoms with E-state index in [2.05, 4.69) is 39.4 Å². The van der Waals surface area contributed by atoms with Gasteiger partial charge in [0.1, 0.15) is 0 Å². The van der Waals surface area contributed by atoms with E-state index in [4.69, 9.17) is 4.84 Å². The molecule has 2 aromatic carbocycles. The third kappa shape index (κ3) is 6.04. The molecule has 0 unspecified atom stereocenters. The maximum Gasteiger partial charge on any atom is 0.264 e. The first-order valence-electron chi connectivity index (χ1n) is 10.4. The number of carbonyl (C=O) groups excluding carboxylic acids is 1. The zero-order valence-corrected chi connectivity index (χ0v) is 18.8. The molecule has 1 aliphatic rings. The largest absolute Gasteiger partial charge is 0.369 e. The van der Waals surface area contributed by atoms with Gasteiger partial charge in [-0.15, -0.1) is 0 Å². The summed E-state index contributed by atoms with van der Waals surface area (Å²) in [6.45, 7) is 5.53. The number of benzene rings is 2. The van der Waals surface area contributed by atoms with Crippen LogP contribution in [-0.2, 0) is 14.9 Å². The second-order valence-corrected chi connectivity index (χ2v) is 9.33. The Labute approximate surface area is 184 Å². The van der Waals surface area contributed by atoms with Crippen LogP contribution in [0.1, 0.15) is 16.8 Å². The zero-order chi connectivity index (χ0) is 22.3. The van der Waals surface area contributed by atoms with Crippen LogP contribution in [0.5, 0.6) is 0 Å². The maximum atomic E-state index is 12.3. The van der Waals surface area contributed by atoms with Crippen molar-refractivity contribution in [3.05, 3.63) is 60.2 Å². The summed E-state index contributed by atoms with van der Waals surface area (Å²) >= 11 is 0. The van der Waals surface area contributed by atoms with Crippen LogP contribution in [0.15, 0.2) is 59.5 Å². The lowest BCUT2D eigenvalue weighted by Gasteiger charge is -2.36. The van der Waals surface area contributed by atoms with E-state index in [0.29, 0.717) is 12.1 Å². The molecular weight excluding hydrogens is 416 g/mol. The third-order valence-corrected chi connectivity index (χ3v) is 7.13. The van der Waals surface area contributed by atoms with Gasteiger partial charge in [-0.05, 0) is 49.4 Å². The Kier molecular flexibility index (Phi) is 8.03. The summed E-state index contributed by atoms with van der Waals surface area (Å²) in [5.74, 6) is -0.210. The van der Waals surface area contributed by atoms with Crippen LogP contribution < -0.4 is 10.2 Å². The van der Waals surface area contributed by atoms with Crippen molar-refractivity contribution >= 4 is 21.6 Å². The molecule has 168 valence electrons. The highest BCUT2D eigenvalue weighted by Gasteiger charge is 2.21. The Morgan fingerprint density at radius 3 is 2.29 bits per heavy atom. The number of sulfonamides is 1. The molecule has 1 amide bonds. The zero-order valence-electron chi connectivity index (χ0n) is 18.0. The van der Waals surface area contributed by atoms with Gasteiger partial charge in [-0.1, -0.05) is 22.7 Å². The van der Waals surface area contributed by atoms with E-state index in [9.17, 15) is 13.2 Å². The van der Waals surface area contributed by atoms with E-state index in [0.717, 1.165) is 43.6 Å². The minimum Gasteiger partial charge on any atom is -0.369 e. The number of carbonyl (C=O) groups is 1. The van der Waals surface area contributed by atoms with E-state index >= 15 is 0 Å². The fourth-order valence-corrected chi connectivity index (χ4v) is 4.47. The van der Waals surface area contributed by atoms with Crippen LogP contribution in [0, 0.1) is 0 Å². The van der Waals surface area contributed by atoms with Gasteiger partial charge in [0.15, 0.2) is 0 Å². The summed E-state index contributed by atoms with van der Waals surface area (Å²) in [4.78, 5) is 22.0. The number of nitrogens with zero attached hydrogens (tertiary/aromatic N) is 3. The van der Waals surface area contributed by atoms with Crippen LogP contribution in [0.2, 0.25) is 0 Å². The fraction of sp³-hybridized carbons (Fsp3) is 0.409. The van der Waals surface area contributed by atoms with E-state index < -0.39 is 10.0 Å². The number of piperazine rings is 1. The van der Waals surface area contributed by atoms with Crippen LogP contribution in [-0.4, -0.2) is 77.1 Å². The number of nitrogens with one attached hydrogen (secondary N) is 1. The predicted molar refractivity (Wildman–Crippen MR) is 120 cm³/mol. The van der Waals surface area contributed by atoms with Gasteiger partial charge in [-0.3, -0.25) is 14.5 Å². The van der Waals surface area contributed by atoms with E-state index in [-0.39, 0.29) is 10.8 Å². The SMILES string of the molecule is CON(C)S(=O)(=O)c1ccc(C(=O)NCCCN2CCN(c3ccccc3)CC2)cc1. The minimum absolute atomic E-state index is 0.0723. The molecule has 0 saturated carbocycles. The van der Waals surface area contributed by atoms with Crippen LogP contribution in [0.4, 0.5) is 5.69 Å². The van der Waals surface area contributed by atoms with Gasteiger partial charge in [0.05, 0.1) is 12.0 Å². The molecule has 1 aliphatic heterocycles. The molecule has 2 aromatic rings. The standard InChI is InChI=1S/C22H30N4O4S/c1-24(30-2)31(28,29)21-11-9-19(10-12-21)22(27)23-13-6-14-25-15-17-26(18-16-25)20-7-4-3-5-8-20/h3-5,7-12H,6,13-18H2,1-2H3,(H,23,27). The molecule has 0 radical (unpaired) electrons. The number of hydroxylamine groups is 1. The number of amides is 1. The van der Waals surface area contributed by atoms with Crippen molar-refractivity contribution in [1.29, 1.82) is 0 Å². The Morgan fingerprint density at radius 1 is 1.03 bits per heavy atom. The van der Waals surface area contributed by atoms with Gasteiger partial charge < -0.3 is 10.2 Å². The Morgan fingerprint density at radius 2 is 1.68 bits per heavy atom. The lowest BCUT2D eigenvalue weighted by atomic mass is 10.2. The molecule has 0 aromatic heterocycles. The number of rotatable bonds is 9. The summed E-state index contributed by atoms with van der Waals surface area (Å²) in [5, 5.41) is 2.90. The highest BCUT2D eigenvalue weighted by Crippen LogP contribution is 2.16. The smallest absolute Gasteiger partial charge is 0.264 e. The Bertz CT molecular complexity index is 943. The molecule has 1 saturated heterocycles. The molecule has 0 bridgehead atoms. The molecule has 31 heavy (non-hydrogen) atoms. The summed E-state index contributed by atoms with van der Waals surface area (Å²) in [6, 6.07) is 16.3. The molecule has 1 N–H and O–H groups in total. The summed E-state index contributed by atoms with van der Waals surface area (Å²) < 4.78 is 25.2. The van der Waals surface area contributed by atoms with Crippen molar-refractivity contribution < 1.29 is 18.0 Å². The maximum absolute atomic E-state index is 12.3. The van der Waals surface area contributed by atoms with Gasteiger partial charge >= 0.3 is 0 Å². The van der Waals surface area contributed by atoms with Gasteiger partial charge in [0, 0.05) is 51.0 Å². The Balaban J connectivity index is 1.39. The van der Waals surface area contributed by atoms with Crippen LogP contribution in [0.25, 0.3) is 0 Å². The lowest BCUT2D eigenvalue weighted by Crippen LogP contribution is -2.47. The van der Waals surface area contributed by atoms with Gasteiger partial charge in [0.2, 0.25) is 0 Å². The quantitative estimate of drug-likeness (QED) is 0.467. The normalized spacial score (nSPS) is 15.3. The Hall–Kier alpha value is -2.46. The monoisotopic (exact) mass is 446 g/mol. The van der Waals surface area contributed by atoms with Gasteiger partial charge in [0.25, 0.3) is 15.9 Å². The van der Waals surface area contributed by atoms with Crippen molar-refractivity contribution in [2.75, 3.05) is 58.3 Å². The molecule has 0 spiro atoms. The first kappa shape index (κ1) is 23.2. The van der Waals surface area contributed by atoms with Crippen LogP contribution in [0.3, 0.4) is 0 Å². The summed E-state index contributed by atoms with van der Waals surface area (Å²) in [6.07, 6.45) is 0.863. The van der Waals surface area contributed by atoms with E-state index in [1.54, 1.807) is 0 Å². The first-order chi connectivity index (χ1) is 14.9. The van der Waals surface area contributed by atoms with E-state index in [1.807, 2.05) is 6.07 Å². The average molecular weight is 447 g/mol. The second kappa shape index (κ2) is 10.7. The summed E-state index contributed by atoms with van der Waals surface area (Å²) in [5.41, 5.74) is 1.69. The highest BCUT2D eigenvalue weighted by molar-refractivity contribution is 7.89. The minimum atomic E-state index is -3.72. The molecule has 3 rings (SSSR count). The topological polar surface area (TPSA) is 82.2 Å². The number of para-hydroxylation sites is 1. The fourth-order valence-electron chi connectivity index (χ4n) is 3.50. The average Bonchev–Trinajstić information content (AvgIpc) is 2.82. The molecule has 1 fully saturated rings. The number of hydrogen-bond donors (Lipinski definition) is 1. The van der Waals surface area contributed by atoms with Gasteiger partial charge in [-0.25, -0.2) is 8.42 Å². The molecule has 1 heterocycles. The molecule has 8 nitrogen and oxygen atoms in total. The number of anilines is 1. The molecule has 0 atom stereocenters. The predicted octanol–water partition coefficient (Wildman–Crippen LogP) is 1.81. The molecule has 9 heteroatoms. The number of hydrogen-bond acceptors (Lipinski definition) is 6. The van der Waals surface area contributed by atoms with Crippen LogP contribution >= 0.6 is 0 Å². The van der Waals surface area contributed by atoms with Crippen molar-refractivity contribution in [1.82, 2.24) is 14.7 Å². The van der Waals surface area contributed by atoms with E-state index in [1.165, 1.54) is 44.1 Å². The van der Waals surface area contributed by atoms with Crippen molar-refractivity contribution in [2.45, 2.75) is 11.3 Å². The van der Waals surface area contributed by atoms with Gasteiger partial charge in [-0.2, -0.15) is 0 Å².